The molecule has 3 atom stereocenters. The smallest absolute Gasteiger partial charge is 0.362 e. The van der Waals surface area contributed by atoms with Crippen molar-refractivity contribution in [2.24, 2.45) is 0 Å². The molecule has 0 aromatic carbocycles. The molecule has 2 saturated heterocycles. The van der Waals surface area contributed by atoms with E-state index in [4.69, 9.17) is 5.26 Å². The highest BCUT2D eigenvalue weighted by atomic mass is 32.2. The Labute approximate surface area is 118 Å². The number of thiol groups is 1. The first kappa shape index (κ1) is 14.0. The highest BCUT2D eigenvalue weighted by Gasteiger charge is 2.61. The molecule has 7 nitrogen and oxygen atoms in total. The highest BCUT2D eigenvalue weighted by molar-refractivity contribution is 8.01. The lowest BCUT2D eigenvalue weighted by Crippen LogP contribution is -2.69. The van der Waals surface area contributed by atoms with Gasteiger partial charge in [-0.05, 0) is 0 Å². The number of rotatable bonds is 4. The van der Waals surface area contributed by atoms with Crippen LogP contribution in [0, 0.1) is 11.3 Å². The number of carboxylic acids is 1. The molecule has 2 N–H and O–H groups in total. The van der Waals surface area contributed by atoms with E-state index in [2.05, 4.69) is 17.9 Å². The normalized spacial score (nSPS) is 30.0. The minimum atomic E-state index is -1.76. The molecular weight excluding hydrogens is 290 g/mol. The number of fused-ring (bicyclic) bond motifs is 1. The molecule has 2 aliphatic rings. The molecule has 3 unspecified atom stereocenters. The van der Waals surface area contributed by atoms with Crippen molar-refractivity contribution in [3.05, 3.63) is 0 Å². The standard InChI is InChI=1S/C10H11N3O4S2/c11-2-1-6(18)8(15)12-10(9(16)17)13-5(4-19-10)3-7(13)14/h5-6,18H,1,3-4H2,(H,12,15)(H,16,17). The van der Waals surface area contributed by atoms with Crippen LogP contribution in [0.5, 0.6) is 0 Å². The molecule has 2 fully saturated rings. The Morgan fingerprint density at radius 1 is 1.74 bits per heavy atom. The van der Waals surface area contributed by atoms with Gasteiger partial charge in [0.05, 0.1) is 23.8 Å². The summed E-state index contributed by atoms with van der Waals surface area (Å²) in [6, 6.07) is 1.64. The van der Waals surface area contributed by atoms with Crippen molar-refractivity contribution in [1.82, 2.24) is 10.2 Å². The molecule has 0 saturated carbocycles. The number of thioether (sulfide) groups is 1. The number of carbonyl (C=O) groups is 3. The van der Waals surface area contributed by atoms with E-state index in [1.54, 1.807) is 6.07 Å². The monoisotopic (exact) mass is 301 g/mol. The van der Waals surface area contributed by atoms with Gasteiger partial charge in [0.1, 0.15) is 0 Å². The van der Waals surface area contributed by atoms with Gasteiger partial charge in [-0.25, -0.2) is 4.79 Å². The van der Waals surface area contributed by atoms with E-state index >= 15 is 0 Å². The average molecular weight is 301 g/mol. The summed E-state index contributed by atoms with van der Waals surface area (Å²) in [6.45, 7) is 0. The molecule has 0 spiro atoms. The molecule has 2 heterocycles. The summed E-state index contributed by atoms with van der Waals surface area (Å²) >= 11 is 4.94. The third-order valence-corrected chi connectivity index (χ3v) is 4.90. The van der Waals surface area contributed by atoms with Gasteiger partial charge in [-0.1, -0.05) is 11.8 Å². The van der Waals surface area contributed by atoms with Crippen molar-refractivity contribution in [3.8, 4) is 6.07 Å². The van der Waals surface area contributed by atoms with Gasteiger partial charge in [0.15, 0.2) is 0 Å². The van der Waals surface area contributed by atoms with Gasteiger partial charge in [0.25, 0.3) is 4.99 Å². The van der Waals surface area contributed by atoms with Crippen LogP contribution in [-0.2, 0) is 14.4 Å². The van der Waals surface area contributed by atoms with Gasteiger partial charge in [-0.15, -0.1) is 0 Å². The predicted molar refractivity (Wildman–Crippen MR) is 69.2 cm³/mol. The Kier molecular flexibility index (Phi) is 3.64. The number of nitrogens with zero attached hydrogens (tertiary/aromatic N) is 2. The first-order valence-corrected chi connectivity index (χ1v) is 6.99. The molecular formula is C10H11N3O4S2. The van der Waals surface area contributed by atoms with Crippen LogP contribution < -0.4 is 5.32 Å². The van der Waals surface area contributed by atoms with E-state index in [9.17, 15) is 19.5 Å². The molecule has 2 amide bonds. The molecule has 2 rings (SSSR count). The second kappa shape index (κ2) is 4.94. The number of β-lactam (4-membered cyclic amide) rings is 1. The van der Waals surface area contributed by atoms with Crippen LogP contribution in [0.25, 0.3) is 0 Å². The Morgan fingerprint density at radius 2 is 2.42 bits per heavy atom. The fourth-order valence-corrected chi connectivity index (χ4v) is 3.61. The predicted octanol–water partition coefficient (Wildman–Crippen LogP) is -0.599. The number of amides is 2. The van der Waals surface area contributed by atoms with E-state index in [0.29, 0.717) is 12.2 Å². The lowest BCUT2D eigenvalue weighted by atomic mass is 10.0. The van der Waals surface area contributed by atoms with Crippen LogP contribution in [0.4, 0.5) is 0 Å². The molecule has 2 aliphatic heterocycles. The molecule has 19 heavy (non-hydrogen) atoms. The summed E-state index contributed by atoms with van der Waals surface area (Å²) in [5.41, 5.74) is 0. The zero-order valence-corrected chi connectivity index (χ0v) is 11.4. The molecule has 0 aromatic rings. The van der Waals surface area contributed by atoms with Gasteiger partial charge < -0.3 is 10.4 Å². The molecule has 9 heteroatoms. The fourth-order valence-electron chi connectivity index (χ4n) is 2.08. The van der Waals surface area contributed by atoms with E-state index < -0.39 is 22.1 Å². The second-order valence-electron chi connectivity index (χ2n) is 4.25. The van der Waals surface area contributed by atoms with E-state index in [0.717, 1.165) is 11.8 Å². The van der Waals surface area contributed by atoms with Crippen LogP contribution in [-0.4, -0.2) is 49.8 Å². The lowest BCUT2D eigenvalue weighted by molar-refractivity contribution is -0.165. The number of aliphatic carboxylic acids is 1. The molecule has 0 radical (unpaired) electrons. The Morgan fingerprint density at radius 3 is 2.95 bits per heavy atom. The fraction of sp³-hybridized carbons (Fsp3) is 0.600. The highest BCUT2D eigenvalue weighted by Crippen LogP contribution is 2.44. The van der Waals surface area contributed by atoms with Crippen LogP contribution in [0.2, 0.25) is 0 Å². The maximum absolute atomic E-state index is 11.8. The Balaban J connectivity index is 2.18. The van der Waals surface area contributed by atoms with E-state index in [-0.39, 0.29) is 18.4 Å². The topological polar surface area (TPSA) is 111 Å². The van der Waals surface area contributed by atoms with Crippen molar-refractivity contribution in [1.29, 1.82) is 5.26 Å². The first-order chi connectivity index (χ1) is 8.92. The van der Waals surface area contributed by atoms with Crippen LogP contribution >= 0.6 is 24.4 Å². The van der Waals surface area contributed by atoms with Crippen molar-refractivity contribution in [2.75, 3.05) is 5.75 Å². The number of carbonyl (C=O) groups excluding carboxylic acids is 2. The summed E-state index contributed by atoms with van der Waals surface area (Å²) in [6.07, 6.45) is 0.174. The van der Waals surface area contributed by atoms with Crippen LogP contribution in [0.1, 0.15) is 12.8 Å². The molecule has 0 aliphatic carbocycles. The van der Waals surface area contributed by atoms with Crippen molar-refractivity contribution < 1.29 is 19.5 Å². The molecule has 0 aromatic heterocycles. The summed E-state index contributed by atoms with van der Waals surface area (Å²) < 4.78 is 0. The summed E-state index contributed by atoms with van der Waals surface area (Å²) in [7, 11) is 0. The summed E-state index contributed by atoms with van der Waals surface area (Å²) in [5, 5.41) is 19.3. The van der Waals surface area contributed by atoms with Crippen LogP contribution in [0.15, 0.2) is 0 Å². The Hall–Kier alpha value is -1.40. The number of nitriles is 1. The maximum Gasteiger partial charge on any atom is 0.362 e. The summed E-state index contributed by atoms with van der Waals surface area (Å²) in [5.74, 6) is -1.79. The number of hydrogen-bond donors (Lipinski definition) is 3. The zero-order chi connectivity index (χ0) is 14.2. The first-order valence-electron chi connectivity index (χ1n) is 5.49. The summed E-state index contributed by atoms with van der Waals surface area (Å²) in [4.78, 5) is 34.2. The average Bonchev–Trinajstić information content (AvgIpc) is 2.62. The second-order valence-corrected chi connectivity index (χ2v) is 6.09. The molecule has 102 valence electrons. The van der Waals surface area contributed by atoms with Gasteiger partial charge in [-0.2, -0.15) is 17.9 Å². The minimum Gasteiger partial charge on any atom is -0.477 e. The van der Waals surface area contributed by atoms with Gasteiger partial charge in [0.2, 0.25) is 11.8 Å². The third kappa shape index (κ3) is 2.15. The largest absolute Gasteiger partial charge is 0.477 e. The van der Waals surface area contributed by atoms with Crippen molar-refractivity contribution in [3.63, 3.8) is 0 Å². The van der Waals surface area contributed by atoms with Crippen LogP contribution in [0.3, 0.4) is 0 Å². The van der Waals surface area contributed by atoms with Crippen molar-refractivity contribution in [2.45, 2.75) is 29.1 Å². The van der Waals surface area contributed by atoms with Crippen molar-refractivity contribution >= 4 is 42.2 Å². The zero-order valence-electron chi connectivity index (χ0n) is 9.70. The quantitative estimate of drug-likeness (QED) is 0.472. The maximum atomic E-state index is 11.8. The number of hydrogen-bond acceptors (Lipinski definition) is 6. The van der Waals surface area contributed by atoms with Gasteiger partial charge in [0, 0.05) is 12.2 Å². The number of carboxylic acid groups (broad SMARTS) is 1. The van der Waals surface area contributed by atoms with E-state index in [1.165, 1.54) is 4.90 Å². The number of nitrogens with one attached hydrogen (secondary N) is 1. The minimum absolute atomic E-state index is 0.132. The Bertz CT molecular complexity index is 492. The third-order valence-electron chi connectivity index (χ3n) is 3.04. The lowest BCUT2D eigenvalue weighted by Gasteiger charge is -2.43. The SMILES string of the molecule is N#CCC(S)C(=O)NC1(C(=O)O)SCC2CC(=O)N21. The van der Waals surface area contributed by atoms with Gasteiger partial charge in [-0.3, -0.25) is 14.5 Å². The van der Waals surface area contributed by atoms with Gasteiger partial charge >= 0.3 is 5.97 Å². The van der Waals surface area contributed by atoms with E-state index in [1.807, 2.05) is 0 Å². The molecule has 0 bridgehead atoms.